The van der Waals surface area contributed by atoms with Gasteiger partial charge in [-0.05, 0) is 19.8 Å². The molecule has 1 amide bonds. The van der Waals surface area contributed by atoms with E-state index in [2.05, 4.69) is 20.3 Å². The van der Waals surface area contributed by atoms with E-state index in [0.717, 1.165) is 36.5 Å². The number of rotatable bonds is 3. The van der Waals surface area contributed by atoms with Gasteiger partial charge in [-0.25, -0.2) is 4.98 Å². The van der Waals surface area contributed by atoms with Crippen LogP contribution < -0.4 is 10.2 Å². The molecule has 7 heteroatoms. The third-order valence-electron chi connectivity index (χ3n) is 4.08. The van der Waals surface area contributed by atoms with Crippen LogP contribution in [0.4, 0.5) is 5.82 Å². The molecule has 116 valence electrons. The molecule has 1 aliphatic heterocycles. The average Bonchev–Trinajstić information content (AvgIpc) is 3.21. The summed E-state index contributed by atoms with van der Waals surface area (Å²) >= 11 is 0. The van der Waals surface area contributed by atoms with Crippen molar-refractivity contribution in [1.82, 2.24) is 19.9 Å². The highest BCUT2D eigenvalue weighted by Gasteiger charge is 2.32. The second-order valence-electron chi connectivity index (χ2n) is 5.95. The summed E-state index contributed by atoms with van der Waals surface area (Å²) in [6, 6.07) is 4.24. The number of hydrogen-bond acceptors (Lipinski definition) is 5. The maximum Gasteiger partial charge on any atom is 0.251 e. The number of nitrogens with zero attached hydrogens (tertiary/aromatic N) is 4. The first-order valence-corrected chi connectivity index (χ1v) is 7.69. The van der Waals surface area contributed by atoms with Gasteiger partial charge in [0.1, 0.15) is 5.82 Å². The van der Waals surface area contributed by atoms with Crippen molar-refractivity contribution >= 4 is 17.4 Å². The number of ether oxygens (including phenoxy) is 1. The lowest BCUT2D eigenvalue weighted by molar-refractivity contribution is -0.133. The van der Waals surface area contributed by atoms with Crippen molar-refractivity contribution in [1.29, 1.82) is 0 Å². The minimum absolute atomic E-state index is 0.00492. The summed E-state index contributed by atoms with van der Waals surface area (Å²) in [6.07, 6.45) is 3.48. The van der Waals surface area contributed by atoms with Crippen LogP contribution in [-0.2, 0) is 9.53 Å². The van der Waals surface area contributed by atoms with Crippen molar-refractivity contribution in [3.8, 4) is 0 Å². The van der Waals surface area contributed by atoms with E-state index in [1.54, 1.807) is 6.20 Å². The molecule has 1 atom stereocenters. The van der Waals surface area contributed by atoms with Gasteiger partial charge in [0.2, 0.25) is 0 Å². The number of aryl methyl sites for hydroxylation is 1. The molecule has 0 aromatic carbocycles. The molecular formula is C15H19N5O2. The van der Waals surface area contributed by atoms with Crippen molar-refractivity contribution in [2.24, 2.45) is 0 Å². The Labute approximate surface area is 128 Å². The van der Waals surface area contributed by atoms with Crippen LogP contribution in [-0.4, -0.2) is 52.3 Å². The predicted octanol–water partition coefficient (Wildman–Crippen LogP) is 0.522. The van der Waals surface area contributed by atoms with Gasteiger partial charge in [-0.2, -0.15) is 9.61 Å². The highest BCUT2D eigenvalue weighted by Crippen LogP contribution is 2.22. The zero-order valence-corrected chi connectivity index (χ0v) is 12.5. The van der Waals surface area contributed by atoms with Crippen LogP contribution in [0, 0.1) is 6.92 Å². The summed E-state index contributed by atoms with van der Waals surface area (Å²) < 4.78 is 7.46. The van der Waals surface area contributed by atoms with Crippen LogP contribution >= 0.6 is 0 Å². The molecule has 22 heavy (non-hydrogen) atoms. The lowest BCUT2D eigenvalue weighted by Gasteiger charge is -2.33. The first-order valence-electron chi connectivity index (χ1n) is 7.69. The van der Waals surface area contributed by atoms with Crippen LogP contribution in [0.5, 0.6) is 0 Å². The third-order valence-corrected chi connectivity index (χ3v) is 4.08. The molecule has 1 saturated carbocycles. The molecule has 0 bridgehead atoms. The van der Waals surface area contributed by atoms with Gasteiger partial charge in [-0.1, -0.05) is 0 Å². The molecule has 3 heterocycles. The molecule has 2 aromatic heterocycles. The molecule has 2 aliphatic rings. The number of morpholine rings is 1. The van der Waals surface area contributed by atoms with Crippen LogP contribution in [0.1, 0.15) is 18.5 Å². The molecule has 0 spiro atoms. The van der Waals surface area contributed by atoms with E-state index < -0.39 is 6.10 Å². The Morgan fingerprint density at radius 1 is 1.45 bits per heavy atom. The number of aromatic nitrogens is 3. The lowest BCUT2D eigenvalue weighted by Crippen LogP contribution is -2.50. The van der Waals surface area contributed by atoms with Crippen LogP contribution in [0.3, 0.4) is 0 Å². The Morgan fingerprint density at radius 2 is 2.32 bits per heavy atom. The summed E-state index contributed by atoms with van der Waals surface area (Å²) in [7, 11) is 0. The maximum atomic E-state index is 12.2. The minimum atomic E-state index is -0.423. The second-order valence-corrected chi connectivity index (χ2v) is 5.95. The number of fused-ring (bicyclic) bond motifs is 1. The highest BCUT2D eigenvalue weighted by molar-refractivity contribution is 5.82. The number of anilines is 1. The van der Waals surface area contributed by atoms with E-state index in [0.29, 0.717) is 19.2 Å². The standard InChI is InChI=1S/C15H19N5O2/c1-10-8-14(20-13(17-10)4-5-16-20)19-6-7-22-12(9-19)15(21)18-11-2-3-11/h4-5,8,11-12H,2-3,6-7,9H2,1H3,(H,18,21). The van der Waals surface area contributed by atoms with E-state index in [1.165, 1.54) is 0 Å². The molecular weight excluding hydrogens is 282 g/mol. The molecule has 1 N–H and O–H groups in total. The molecule has 1 unspecified atom stereocenters. The van der Waals surface area contributed by atoms with Gasteiger partial charge in [0, 0.05) is 30.4 Å². The minimum Gasteiger partial charge on any atom is -0.365 e. The first kappa shape index (κ1) is 13.5. The summed E-state index contributed by atoms with van der Waals surface area (Å²) in [4.78, 5) is 18.8. The normalized spacial score (nSPS) is 22.0. The van der Waals surface area contributed by atoms with Crippen LogP contribution in [0.2, 0.25) is 0 Å². The summed E-state index contributed by atoms with van der Waals surface area (Å²) in [5.41, 5.74) is 1.76. The largest absolute Gasteiger partial charge is 0.365 e. The van der Waals surface area contributed by atoms with E-state index in [4.69, 9.17) is 4.74 Å². The van der Waals surface area contributed by atoms with Crippen molar-refractivity contribution in [3.63, 3.8) is 0 Å². The monoisotopic (exact) mass is 301 g/mol. The Kier molecular flexibility index (Phi) is 3.22. The Hall–Kier alpha value is -2.15. The Balaban J connectivity index is 1.58. The van der Waals surface area contributed by atoms with Gasteiger partial charge in [-0.3, -0.25) is 4.79 Å². The van der Waals surface area contributed by atoms with Gasteiger partial charge in [0.05, 0.1) is 19.3 Å². The van der Waals surface area contributed by atoms with Crippen molar-refractivity contribution in [3.05, 3.63) is 24.0 Å². The number of nitrogens with one attached hydrogen (secondary N) is 1. The van der Waals surface area contributed by atoms with Crippen LogP contribution in [0.15, 0.2) is 18.3 Å². The zero-order valence-electron chi connectivity index (χ0n) is 12.5. The quantitative estimate of drug-likeness (QED) is 0.895. The number of carbonyl (C=O) groups excluding carboxylic acids is 1. The molecule has 1 saturated heterocycles. The molecule has 2 fully saturated rings. The fourth-order valence-corrected chi connectivity index (χ4v) is 2.78. The fourth-order valence-electron chi connectivity index (χ4n) is 2.78. The molecule has 0 radical (unpaired) electrons. The smallest absolute Gasteiger partial charge is 0.251 e. The Morgan fingerprint density at radius 3 is 3.14 bits per heavy atom. The maximum absolute atomic E-state index is 12.2. The van der Waals surface area contributed by atoms with Crippen LogP contribution in [0.25, 0.3) is 5.65 Å². The predicted molar refractivity (Wildman–Crippen MR) is 80.8 cm³/mol. The zero-order chi connectivity index (χ0) is 15.1. The van der Waals surface area contributed by atoms with Gasteiger partial charge in [0.25, 0.3) is 5.91 Å². The van der Waals surface area contributed by atoms with E-state index in [-0.39, 0.29) is 5.91 Å². The Bertz CT molecular complexity index is 709. The molecule has 7 nitrogen and oxygen atoms in total. The average molecular weight is 301 g/mol. The fraction of sp³-hybridized carbons (Fsp3) is 0.533. The van der Waals surface area contributed by atoms with Crippen molar-refractivity contribution < 1.29 is 9.53 Å². The first-order chi connectivity index (χ1) is 10.7. The summed E-state index contributed by atoms with van der Waals surface area (Å²) in [6.45, 7) is 3.78. The highest BCUT2D eigenvalue weighted by atomic mass is 16.5. The van der Waals surface area contributed by atoms with Crippen molar-refractivity contribution in [2.75, 3.05) is 24.6 Å². The van der Waals surface area contributed by atoms with Gasteiger partial charge in [0.15, 0.2) is 11.8 Å². The van der Waals surface area contributed by atoms with E-state index in [1.807, 2.05) is 23.6 Å². The number of hydrogen-bond donors (Lipinski definition) is 1. The summed E-state index contributed by atoms with van der Waals surface area (Å²) in [5.74, 6) is 0.953. The lowest BCUT2D eigenvalue weighted by atomic mass is 10.2. The second kappa shape index (κ2) is 5.24. The van der Waals surface area contributed by atoms with Gasteiger partial charge in [-0.15, -0.1) is 0 Å². The summed E-state index contributed by atoms with van der Waals surface area (Å²) in [5, 5.41) is 7.35. The van der Waals surface area contributed by atoms with E-state index in [9.17, 15) is 4.79 Å². The number of amides is 1. The van der Waals surface area contributed by atoms with Gasteiger partial charge < -0.3 is 15.0 Å². The molecule has 1 aliphatic carbocycles. The number of carbonyl (C=O) groups is 1. The topological polar surface area (TPSA) is 71.8 Å². The van der Waals surface area contributed by atoms with E-state index >= 15 is 0 Å². The van der Waals surface area contributed by atoms with Gasteiger partial charge >= 0.3 is 0 Å². The molecule has 2 aromatic rings. The van der Waals surface area contributed by atoms with Crippen molar-refractivity contribution in [2.45, 2.75) is 31.9 Å². The molecule has 4 rings (SSSR count). The third kappa shape index (κ3) is 2.52. The SMILES string of the molecule is Cc1cc(N2CCOC(C(=O)NC3CC3)C2)n2nccc2n1.